The average molecular weight is 461 g/mol. The number of likely N-dealkylation sites (N-methyl/N-ethyl adjacent to an activating group) is 1. The minimum atomic E-state index is -3.26. The summed E-state index contributed by atoms with van der Waals surface area (Å²) >= 11 is 0. The molecule has 0 amide bonds. The van der Waals surface area contributed by atoms with Crippen LogP contribution in [-0.4, -0.2) is 50.4 Å². The molecule has 7 heteroatoms. The van der Waals surface area contributed by atoms with Gasteiger partial charge in [0.15, 0.2) is 0 Å². The molecule has 0 saturated carbocycles. The van der Waals surface area contributed by atoms with Crippen molar-refractivity contribution in [3.8, 4) is 11.5 Å². The molecule has 0 fully saturated rings. The molecule has 1 aliphatic heterocycles. The monoisotopic (exact) mass is 460 g/mol. The SMILES string of the molecule is Cc1c(C)c2c(c(CCN(C)CCc3ccc(NS(C)(=O)=O)cc3)c1O)CCC(C)(C)O2. The van der Waals surface area contributed by atoms with Gasteiger partial charge in [0.05, 0.1) is 6.26 Å². The van der Waals surface area contributed by atoms with E-state index in [0.717, 1.165) is 78.6 Å². The molecule has 0 aliphatic carbocycles. The van der Waals surface area contributed by atoms with Crippen LogP contribution in [-0.2, 0) is 29.3 Å². The molecule has 0 saturated heterocycles. The van der Waals surface area contributed by atoms with E-state index in [9.17, 15) is 13.5 Å². The van der Waals surface area contributed by atoms with E-state index in [4.69, 9.17) is 4.74 Å². The molecule has 0 bridgehead atoms. The lowest BCUT2D eigenvalue weighted by molar-refractivity contribution is 0.0829. The fraction of sp³-hybridized carbons (Fsp3) is 0.520. The maximum atomic E-state index is 11.3. The molecule has 6 nitrogen and oxygen atoms in total. The molecule has 0 aromatic heterocycles. The second-order valence-electron chi connectivity index (χ2n) is 9.62. The molecule has 1 aliphatic rings. The molecule has 2 aromatic carbocycles. The number of hydrogen-bond donors (Lipinski definition) is 2. The van der Waals surface area contributed by atoms with Crippen LogP contribution >= 0.6 is 0 Å². The van der Waals surface area contributed by atoms with Crippen molar-refractivity contribution in [1.29, 1.82) is 0 Å². The first-order chi connectivity index (χ1) is 14.9. The number of benzene rings is 2. The highest BCUT2D eigenvalue weighted by atomic mass is 32.2. The highest BCUT2D eigenvalue weighted by Crippen LogP contribution is 2.43. The van der Waals surface area contributed by atoms with Gasteiger partial charge in [0.25, 0.3) is 0 Å². The second kappa shape index (κ2) is 9.32. The summed E-state index contributed by atoms with van der Waals surface area (Å²) in [6, 6.07) is 7.48. The summed E-state index contributed by atoms with van der Waals surface area (Å²) < 4.78 is 31.5. The van der Waals surface area contributed by atoms with Gasteiger partial charge in [-0.3, -0.25) is 4.72 Å². The molecule has 176 valence electrons. The van der Waals surface area contributed by atoms with E-state index < -0.39 is 10.0 Å². The van der Waals surface area contributed by atoms with E-state index in [-0.39, 0.29) is 5.60 Å². The largest absolute Gasteiger partial charge is 0.507 e. The number of ether oxygens (including phenoxy) is 1. The van der Waals surface area contributed by atoms with Crippen molar-refractivity contribution >= 4 is 15.7 Å². The second-order valence-corrected chi connectivity index (χ2v) is 11.4. The van der Waals surface area contributed by atoms with Crippen molar-refractivity contribution in [3.05, 3.63) is 52.1 Å². The van der Waals surface area contributed by atoms with Crippen molar-refractivity contribution in [1.82, 2.24) is 4.90 Å². The van der Waals surface area contributed by atoms with E-state index in [1.165, 1.54) is 0 Å². The normalized spacial score (nSPS) is 15.3. The molecule has 0 atom stereocenters. The third-order valence-corrected chi connectivity index (χ3v) is 6.93. The Hall–Kier alpha value is -2.25. The number of rotatable bonds is 8. The molecular formula is C25H36N2O4S. The van der Waals surface area contributed by atoms with Crippen LogP contribution < -0.4 is 9.46 Å². The lowest BCUT2D eigenvalue weighted by Crippen LogP contribution is -2.34. The van der Waals surface area contributed by atoms with E-state index in [2.05, 4.69) is 30.5 Å². The fourth-order valence-corrected chi connectivity index (χ4v) is 4.76. The Bertz CT molecular complexity index is 1080. The van der Waals surface area contributed by atoms with Gasteiger partial charge in [-0.05, 0) is 89.2 Å². The number of nitrogens with one attached hydrogen (secondary N) is 1. The standard InChI is InChI=1S/C25H36N2O4S/c1-17-18(2)24-22(11-14-25(3,4)31-24)21(23(17)28)13-16-27(5)15-12-19-7-9-20(10-8-19)26-32(6,29)30/h7-10,26,28H,11-16H2,1-6H3. The van der Waals surface area contributed by atoms with Gasteiger partial charge in [-0.25, -0.2) is 8.42 Å². The molecule has 0 spiro atoms. The Morgan fingerprint density at radius 2 is 1.72 bits per heavy atom. The number of aromatic hydroxyl groups is 1. The Morgan fingerprint density at radius 3 is 2.34 bits per heavy atom. The van der Waals surface area contributed by atoms with Gasteiger partial charge in [0.1, 0.15) is 17.1 Å². The first kappa shape index (κ1) is 24.4. The van der Waals surface area contributed by atoms with Crippen LogP contribution in [0.5, 0.6) is 11.5 Å². The van der Waals surface area contributed by atoms with Gasteiger partial charge in [-0.15, -0.1) is 0 Å². The Kier molecular flexibility index (Phi) is 7.10. The maximum Gasteiger partial charge on any atom is 0.229 e. The van der Waals surface area contributed by atoms with Gasteiger partial charge in [0.2, 0.25) is 10.0 Å². The number of sulfonamides is 1. The van der Waals surface area contributed by atoms with Gasteiger partial charge in [-0.1, -0.05) is 12.1 Å². The zero-order chi connectivity index (χ0) is 23.7. The summed E-state index contributed by atoms with van der Waals surface area (Å²) in [5.41, 5.74) is 5.66. The molecule has 0 unspecified atom stereocenters. The van der Waals surface area contributed by atoms with Gasteiger partial charge < -0.3 is 14.7 Å². The van der Waals surface area contributed by atoms with Crippen molar-refractivity contribution < 1.29 is 18.3 Å². The third-order valence-electron chi connectivity index (χ3n) is 6.32. The predicted octanol–water partition coefficient (Wildman–Crippen LogP) is 4.20. The highest BCUT2D eigenvalue weighted by Gasteiger charge is 2.31. The van der Waals surface area contributed by atoms with Crippen LogP contribution in [0.25, 0.3) is 0 Å². The van der Waals surface area contributed by atoms with E-state index >= 15 is 0 Å². The Balaban J connectivity index is 1.63. The van der Waals surface area contributed by atoms with Gasteiger partial charge >= 0.3 is 0 Å². The summed E-state index contributed by atoms with van der Waals surface area (Å²) in [5.74, 6) is 1.36. The smallest absolute Gasteiger partial charge is 0.229 e. The molecular weight excluding hydrogens is 424 g/mol. The van der Waals surface area contributed by atoms with Crippen LogP contribution in [0.4, 0.5) is 5.69 Å². The summed E-state index contributed by atoms with van der Waals surface area (Å²) in [6.45, 7) is 9.94. The number of anilines is 1. The predicted molar refractivity (Wildman–Crippen MR) is 130 cm³/mol. The van der Waals surface area contributed by atoms with Gasteiger partial charge in [-0.2, -0.15) is 0 Å². The van der Waals surface area contributed by atoms with E-state index in [1.807, 2.05) is 26.0 Å². The van der Waals surface area contributed by atoms with Crippen LogP contribution in [0.2, 0.25) is 0 Å². The molecule has 2 N–H and O–H groups in total. The van der Waals surface area contributed by atoms with Crippen molar-refractivity contribution in [2.45, 2.75) is 59.0 Å². The van der Waals surface area contributed by atoms with Crippen LogP contribution in [0.1, 0.15) is 48.1 Å². The van der Waals surface area contributed by atoms with Gasteiger partial charge in [0, 0.05) is 29.9 Å². The minimum absolute atomic E-state index is 0.179. The first-order valence-electron chi connectivity index (χ1n) is 11.1. The topological polar surface area (TPSA) is 78.9 Å². The Morgan fingerprint density at radius 1 is 1.09 bits per heavy atom. The van der Waals surface area contributed by atoms with Crippen molar-refractivity contribution in [3.63, 3.8) is 0 Å². The lowest BCUT2D eigenvalue weighted by atomic mass is 9.86. The van der Waals surface area contributed by atoms with Crippen LogP contribution in [0, 0.1) is 13.8 Å². The number of fused-ring (bicyclic) bond motifs is 1. The minimum Gasteiger partial charge on any atom is -0.507 e. The molecule has 0 radical (unpaired) electrons. The summed E-state index contributed by atoms with van der Waals surface area (Å²) in [5, 5.41) is 10.9. The number of phenols is 1. The van der Waals surface area contributed by atoms with Crippen molar-refractivity contribution in [2.75, 3.05) is 31.1 Å². The molecule has 3 rings (SSSR count). The summed E-state index contributed by atoms with van der Waals surface area (Å²) in [6.07, 6.45) is 4.64. The number of nitrogens with zero attached hydrogens (tertiary/aromatic N) is 1. The number of hydrogen-bond acceptors (Lipinski definition) is 5. The third kappa shape index (κ3) is 5.95. The van der Waals surface area contributed by atoms with E-state index in [0.29, 0.717) is 11.4 Å². The van der Waals surface area contributed by atoms with Crippen LogP contribution in [0.3, 0.4) is 0 Å². The first-order valence-corrected chi connectivity index (χ1v) is 13.0. The lowest BCUT2D eigenvalue weighted by Gasteiger charge is -2.35. The number of phenolic OH excluding ortho intramolecular Hbond substituents is 1. The highest BCUT2D eigenvalue weighted by molar-refractivity contribution is 7.92. The zero-order valence-corrected chi connectivity index (χ0v) is 20.9. The summed E-state index contributed by atoms with van der Waals surface area (Å²) in [4.78, 5) is 2.26. The van der Waals surface area contributed by atoms with Crippen LogP contribution in [0.15, 0.2) is 24.3 Å². The quantitative estimate of drug-likeness (QED) is 0.617. The Labute approximate surface area is 192 Å². The maximum absolute atomic E-state index is 11.3. The van der Waals surface area contributed by atoms with Crippen molar-refractivity contribution in [2.24, 2.45) is 0 Å². The summed E-state index contributed by atoms with van der Waals surface area (Å²) in [7, 11) is -1.17. The van der Waals surface area contributed by atoms with E-state index in [1.54, 1.807) is 12.1 Å². The fourth-order valence-electron chi connectivity index (χ4n) is 4.19. The average Bonchev–Trinajstić information content (AvgIpc) is 2.70. The molecule has 32 heavy (non-hydrogen) atoms. The molecule has 2 aromatic rings. The zero-order valence-electron chi connectivity index (χ0n) is 20.1. The molecule has 1 heterocycles.